The topological polar surface area (TPSA) is 53.0 Å². The predicted molar refractivity (Wildman–Crippen MR) is 96.3 cm³/mol. The Bertz CT molecular complexity index is 515. The molecule has 132 valence electrons. The summed E-state index contributed by atoms with van der Waals surface area (Å²) in [6.45, 7) is 9.82. The van der Waals surface area contributed by atoms with Crippen molar-refractivity contribution in [3.63, 3.8) is 0 Å². The van der Waals surface area contributed by atoms with Crippen LogP contribution in [0.5, 0.6) is 0 Å². The van der Waals surface area contributed by atoms with Crippen LogP contribution in [0.25, 0.3) is 0 Å². The van der Waals surface area contributed by atoms with E-state index in [1.165, 1.54) is 6.42 Å². The molecule has 0 aliphatic carbocycles. The van der Waals surface area contributed by atoms with E-state index >= 15 is 0 Å². The number of rotatable bonds is 5. The third kappa shape index (κ3) is 4.68. The van der Waals surface area contributed by atoms with Gasteiger partial charge in [0.05, 0.1) is 13.2 Å². The van der Waals surface area contributed by atoms with Crippen LogP contribution in [0, 0.1) is 0 Å². The average molecular weight is 331 g/mol. The van der Waals surface area contributed by atoms with Gasteiger partial charge in [0.15, 0.2) is 5.96 Å². The summed E-state index contributed by atoms with van der Waals surface area (Å²) in [5.74, 6) is 1.05. The van der Waals surface area contributed by atoms with Crippen LogP contribution in [0.3, 0.4) is 0 Å². The third-order valence-corrected chi connectivity index (χ3v) is 4.72. The average Bonchev–Trinajstić information content (AvgIpc) is 3.13. The van der Waals surface area contributed by atoms with Gasteiger partial charge < -0.3 is 15.0 Å². The molecule has 0 spiro atoms. The van der Waals surface area contributed by atoms with E-state index in [9.17, 15) is 0 Å². The molecule has 1 aromatic rings. The molecule has 2 fully saturated rings. The summed E-state index contributed by atoms with van der Waals surface area (Å²) in [7, 11) is 0. The standard InChI is InChI=1S/C18H29N5O/c1-2-19-18(21-9-6-16-5-3-4-8-20-16)23-10-7-17(15-23)22-11-13-24-14-12-22/h3-5,8,17H,2,6-7,9-15H2,1H3,(H,19,21). The lowest BCUT2D eigenvalue weighted by Crippen LogP contribution is -2.46. The second-order valence-electron chi connectivity index (χ2n) is 6.34. The molecule has 24 heavy (non-hydrogen) atoms. The highest BCUT2D eigenvalue weighted by Crippen LogP contribution is 2.17. The van der Waals surface area contributed by atoms with Crippen molar-refractivity contribution in [3.8, 4) is 0 Å². The van der Waals surface area contributed by atoms with Crippen molar-refractivity contribution < 1.29 is 4.74 Å². The van der Waals surface area contributed by atoms with Gasteiger partial charge in [-0.25, -0.2) is 0 Å². The van der Waals surface area contributed by atoms with Crippen molar-refractivity contribution in [2.45, 2.75) is 25.8 Å². The normalized spacial score (nSPS) is 22.8. The van der Waals surface area contributed by atoms with Crippen molar-refractivity contribution in [1.82, 2.24) is 20.1 Å². The summed E-state index contributed by atoms with van der Waals surface area (Å²) in [6, 6.07) is 6.68. The molecule has 2 saturated heterocycles. The molecule has 1 atom stereocenters. The van der Waals surface area contributed by atoms with Gasteiger partial charge in [-0.05, 0) is 25.5 Å². The Kier molecular flexibility index (Phi) is 6.43. The number of guanidine groups is 1. The van der Waals surface area contributed by atoms with Crippen LogP contribution in [-0.2, 0) is 11.2 Å². The number of aromatic nitrogens is 1. The Labute approximate surface area is 144 Å². The summed E-state index contributed by atoms with van der Waals surface area (Å²) in [4.78, 5) is 14.2. The number of nitrogens with one attached hydrogen (secondary N) is 1. The molecule has 0 bridgehead atoms. The van der Waals surface area contributed by atoms with Crippen molar-refractivity contribution in [1.29, 1.82) is 0 Å². The fourth-order valence-electron chi connectivity index (χ4n) is 3.42. The Balaban J connectivity index is 1.53. The number of nitrogens with zero attached hydrogens (tertiary/aromatic N) is 4. The Morgan fingerprint density at radius 3 is 2.96 bits per heavy atom. The number of aliphatic imine (C=N–C) groups is 1. The Morgan fingerprint density at radius 1 is 1.33 bits per heavy atom. The van der Waals surface area contributed by atoms with Crippen molar-refractivity contribution in [3.05, 3.63) is 30.1 Å². The van der Waals surface area contributed by atoms with Crippen molar-refractivity contribution in [2.24, 2.45) is 4.99 Å². The fourth-order valence-corrected chi connectivity index (χ4v) is 3.42. The first kappa shape index (κ1) is 17.2. The summed E-state index contributed by atoms with van der Waals surface area (Å²) < 4.78 is 5.47. The number of morpholine rings is 1. The maximum absolute atomic E-state index is 5.47. The quantitative estimate of drug-likeness (QED) is 0.644. The summed E-state index contributed by atoms with van der Waals surface area (Å²) in [5.41, 5.74) is 1.10. The Morgan fingerprint density at radius 2 is 2.21 bits per heavy atom. The van der Waals surface area contributed by atoms with Gasteiger partial charge in [-0.15, -0.1) is 0 Å². The number of pyridine rings is 1. The maximum atomic E-state index is 5.47. The molecule has 1 unspecified atom stereocenters. The smallest absolute Gasteiger partial charge is 0.193 e. The largest absolute Gasteiger partial charge is 0.379 e. The molecule has 1 aromatic heterocycles. The monoisotopic (exact) mass is 331 g/mol. The van der Waals surface area contributed by atoms with Crippen molar-refractivity contribution >= 4 is 5.96 Å². The molecular formula is C18H29N5O. The molecule has 2 aliphatic rings. The number of likely N-dealkylation sites (tertiary alicyclic amines) is 1. The third-order valence-electron chi connectivity index (χ3n) is 4.72. The van der Waals surface area contributed by atoms with Gasteiger partial charge in [0.2, 0.25) is 0 Å². The number of hydrogen-bond donors (Lipinski definition) is 1. The molecule has 3 heterocycles. The van der Waals surface area contributed by atoms with E-state index in [0.717, 1.165) is 70.6 Å². The van der Waals surface area contributed by atoms with Gasteiger partial charge in [-0.1, -0.05) is 6.07 Å². The van der Waals surface area contributed by atoms with E-state index in [1.54, 1.807) is 0 Å². The Hall–Kier alpha value is -1.66. The minimum atomic E-state index is 0.633. The fraction of sp³-hybridized carbons (Fsp3) is 0.667. The summed E-state index contributed by atoms with van der Waals surface area (Å²) in [5, 5.41) is 3.45. The molecular weight excluding hydrogens is 302 g/mol. The predicted octanol–water partition coefficient (Wildman–Crippen LogP) is 0.996. The zero-order valence-electron chi connectivity index (χ0n) is 14.7. The van der Waals surface area contributed by atoms with Crippen LogP contribution in [-0.4, -0.2) is 79.3 Å². The van der Waals surface area contributed by atoms with Crippen LogP contribution in [0.15, 0.2) is 29.4 Å². The zero-order valence-corrected chi connectivity index (χ0v) is 14.7. The lowest BCUT2D eigenvalue weighted by molar-refractivity contribution is 0.0195. The molecule has 0 radical (unpaired) electrons. The van der Waals surface area contributed by atoms with Crippen LogP contribution >= 0.6 is 0 Å². The lowest BCUT2D eigenvalue weighted by atomic mass is 10.2. The van der Waals surface area contributed by atoms with Crippen LogP contribution in [0.1, 0.15) is 19.0 Å². The molecule has 0 aromatic carbocycles. The SMILES string of the molecule is CCNC(=NCCc1ccccn1)N1CCC(N2CCOCC2)C1. The highest BCUT2D eigenvalue weighted by Gasteiger charge is 2.30. The summed E-state index contributed by atoms with van der Waals surface area (Å²) in [6.07, 6.45) is 3.94. The van der Waals surface area contributed by atoms with Gasteiger partial charge in [0, 0.05) is 63.6 Å². The number of ether oxygens (including phenoxy) is 1. The van der Waals surface area contributed by atoms with Crippen LogP contribution in [0.4, 0.5) is 0 Å². The molecule has 2 aliphatic heterocycles. The van der Waals surface area contributed by atoms with Crippen molar-refractivity contribution in [2.75, 3.05) is 52.5 Å². The first-order valence-corrected chi connectivity index (χ1v) is 9.12. The van der Waals surface area contributed by atoms with Crippen LogP contribution in [0.2, 0.25) is 0 Å². The lowest BCUT2D eigenvalue weighted by Gasteiger charge is -2.32. The van der Waals surface area contributed by atoms with E-state index in [4.69, 9.17) is 9.73 Å². The summed E-state index contributed by atoms with van der Waals surface area (Å²) >= 11 is 0. The molecule has 3 rings (SSSR count). The molecule has 0 saturated carbocycles. The van der Waals surface area contributed by atoms with Gasteiger partial charge in [0.25, 0.3) is 0 Å². The van der Waals surface area contributed by atoms with Gasteiger partial charge in [0.1, 0.15) is 0 Å². The van der Waals surface area contributed by atoms with E-state index in [-0.39, 0.29) is 0 Å². The molecule has 0 amide bonds. The van der Waals surface area contributed by atoms with Gasteiger partial charge in [-0.2, -0.15) is 0 Å². The highest BCUT2D eigenvalue weighted by atomic mass is 16.5. The van der Waals surface area contributed by atoms with Crippen LogP contribution < -0.4 is 5.32 Å². The number of hydrogen-bond acceptors (Lipinski definition) is 4. The highest BCUT2D eigenvalue weighted by molar-refractivity contribution is 5.80. The second kappa shape index (κ2) is 8.99. The molecule has 6 nitrogen and oxygen atoms in total. The first-order chi connectivity index (χ1) is 11.9. The minimum absolute atomic E-state index is 0.633. The molecule has 1 N–H and O–H groups in total. The first-order valence-electron chi connectivity index (χ1n) is 9.12. The maximum Gasteiger partial charge on any atom is 0.193 e. The zero-order chi connectivity index (χ0) is 16.6. The van der Waals surface area contributed by atoms with E-state index < -0.39 is 0 Å². The second-order valence-corrected chi connectivity index (χ2v) is 6.34. The van der Waals surface area contributed by atoms with Gasteiger partial charge >= 0.3 is 0 Å². The van der Waals surface area contributed by atoms with E-state index in [2.05, 4.69) is 33.1 Å². The minimum Gasteiger partial charge on any atom is -0.379 e. The van der Waals surface area contributed by atoms with E-state index in [0.29, 0.717) is 6.04 Å². The van der Waals surface area contributed by atoms with E-state index in [1.807, 2.05) is 18.3 Å². The van der Waals surface area contributed by atoms with Gasteiger partial charge in [-0.3, -0.25) is 14.9 Å². The molecule has 6 heteroatoms.